The van der Waals surface area contributed by atoms with Gasteiger partial charge in [0.1, 0.15) is 11.7 Å². The summed E-state index contributed by atoms with van der Waals surface area (Å²) in [6, 6.07) is 7.68. The molecule has 0 aromatic heterocycles. The number of hydrogen-bond donors (Lipinski definition) is 5. The summed E-state index contributed by atoms with van der Waals surface area (Å²) in [5, 5.41) is 14.9. The molecule has 7 N–H and O–H groups in total. The summed E-state index contributed by atoms with van der Waals surface area (Å²) in [7, 11) is 0. The van der Waals surface area contributed by atoms with Gasteiger partial charge in [0, 0.05) is 77.4 Å². The van der Waals surface area contributed by atoms with Crippen molar-refractivity contribution in [2.45, 2.75) is 12.8 Å². The average molecular weight is 548 g/mol. The quantitative estimate of drug-likeness (QED) is 0.0448. The minimum atomic E-state index is 0.472. The zero-order valence-electron chi connectivity index (χ0n) is 23.6. The first-order chi connectivity index (χ1) is 19.7. The summed E-state index contributed by atoms with van der Waals surface area (Å²) in [5.74, 6) is 7.28. The largest absolute Gasteiger partial charge is 0.384 e. The lowest BCUT2D eigenvalue weighted by molar-refractivity contribution is 0.247. The Morgan fingerprint density at radius 2 is 1.55 bits per heavy atom. The summed E-state index contributed by atoms with van der Waals surface area (Å²) in [6.45, 7) is 15.8. The first-order valence-corrected chi connectivity index (χ1v) is 14.1. The molecule has 11 nitrogen and oxygen atoms in total. The Bertz CT molecular complexity index is 1070. The van der Waals surface area contributed by atoms with E-state index in [1.807, 2.05) is 36.4 Å². The van der Waals surface area contributed by atoms with Gasteiger partial charge in [0.25, 0.3) is 0 Å². The van der Waals surface area contributed by atoms with Crippen LogP contribution in [0.2, 0.25) is 0 Å². The van der Waals surface area contributed by atoms with Crippen molar-refractivity contribution in [1.82, 2.24) is 20.4 Å². The molecular weight excluding hydrogens is 502 g/mol. The molecule has 0 bridgehead atoms. The maximum absolute atomic E-state index is 6.23. The van der Waals surface area contributed by atoms with E-state index in [-0.39, 0.29) is 0 Å². The zero-order valence-corrected chi connectivity index (χ0v) is 23.6. The number of nitrogens with one attached hydrogen (secondary N) is 3. The standard InChI is InChI=1S/C29H45N11/c1-2-3-6-25(28(30)34-17-23-39-19-13-32-14-20-39)7-4-5-12-36-38-37-27-10-8-26(9-11-27)29(31)35-18-24-40-21-15-33-16-22-40/h2,6,8-11,32-33H,1,3,5,12-24H2,(H2,30,34)(H2,31,35)(H,36,37)/b25-6+. The number of piperazine rings is 2. The molecule has 1 aromatic rings. The third-order valence-electron chi connectivity index (χ3n) is 6.57. The molecule has 0 unspecified atom stereocenters. The van der Waals surface area contributed by atoms with Crippen molar-refractivity contribution in [3.8, 4) is 11.8 Å². The molecule has 3 rings (SSSR count). The van der Waals surface area contributed by atoms with Crippen molar-refractivity contribution in [3.63, 3.8) is 0 Å². The van der Waals surface area contributed by atoms with E-state index in [0.717, 1.165) is 82.3 Å². The molecule has 2 heterocycles. The lowest BCUT2D eigenvalue weighted by atomic mass is 10.2. The number of nitrogens with two attached hydrogens (primary N) is 2. The molecule has 0 spiro atoms. The Balaban J connectivity index is 1.38. The van der Waals surface area contributed by atoms with Gasteiger partial charge in [0.2, 0.25) is 0 Å². The van der Waals surface area contributed by atoms with Gasteiger partial charge in [-0.25, -0.2) is 0 Å². The van der Waals surface area contributed by atoms with E-state index < -0.39 is 0 Å². The molecule has 0 saturated carbocycles. The second-order valence-corrected chi connectivity index (χ2v) is 9.57. The highest BCUT2D eigenvalue weighted by atomic mass is 15.4. The average Bonchev–Trinajstić information content (AvgIpc) is 2.99. The van der Waals surface area contributed by atoms with E-state index in [1.165, 1.54) is 0 Å². The summed E-state index contributed by atoms with van der Waals surface area (Å²) >= 11 is 0. The highest BCUT2D eigenvalue weighted by Crippen LogP contribution is 2.10. The Morgan fingerprint density at radius 1 is 0.925 bits per heavy atom. The molecule has 40 heavy (non-hydrogen) atoms. The van der Waals surface area contributed by atoms with E-state index in [2.05, 4.69) is 64.6 Å². The van der Waals surface area contributed by atoms with E-state index in [0.29, 0.717) is 44.1 Å². The number of allylic oxidation sites excluding steroid dienone is 2. The topological polar surface area (TPSA) is 144 Å². The number of nitrogens with zero attached hydrogens (tertiary/aromatic N) is 6. The Kier molecular flexibility index (Phi) is 14.5. The second-order valence-electron chi connectivity index (χ2n) is 9.57. The molecule has 2 fully saturated rings. The zero-order chi connectivity index (χ0) is 28.3. The maximum Gasteiger partial charge on any atom is 0.134 e. The highest BCUT2D eigenvalue weighted by Gasteiger charge is 2.09. The van der Waals surface area contributed by atoms with Crippen molar-refractivity contribution in [1.29, 1.82) is 0 Å². The maximum atomic E-state index is 6.23. The van der Waals surface area contributed by atoms with Crippen molar-refractivity contribution < 1.29 is 0 Å². The summed E-state index contributed by atoms with van der Waals surface area (Å²) in [6.07, 6.45) is 5.02. The lowest BCUT2D eigenvalue weighted by Crippen LogP contribution is -2.44. The Morgan fingerprint density at radius 3 is 2.17 bits per heavy atom. The molecule has 2 aliphatic rings. The van der Waals surface area contributed by atoms with Gasteiger partial charge in [0.15, 0.2) is 0 Å². The molecule has 11 heteroatoms. The van der Waals surface area contributed by atoms with E-state index in [4.69, 9.17) is 11.5 Å². The van der Waals surface area contributed by atoms with E-state index in [1.54, 1.807) is 0 Å². The monoisotopic (exact) mass is 547 g/mol. The number of amidine groups is 2. The minimum Gasteiger partial charge on any atom is -0.384 e. The van der Waals surface area contributed by atoms with Crippen molar-refractivity contribution >= 4 is 17.4 Å². The third kappa shape index (κ3) is 12.1. The Hall–Kier alpha value is -3.56. The Labute approximate surface area is 238 Å². The van der Waals surface area contributed by atoms with Crippen LogP contribution >= 0.6 is 0 Å². The second kappa shape index (κ2) is 18.7. The van der Waals surface area contributed by atoms with Crippen molar-refractivity contribution in [2.75, 3.05) is 90.5 Å². The van der Waals surface area contributed by atoms with Crippen molar-refractivity contribution in [3.05, 3.63) is 54.1 Å². The molecule has 216 valence electrons. The van der Waals surface area contributed by atoms with Gasteiger partial charge in [0.05, 0.1) is 30.9 Å². The minimum absolute atomic E-state index is 0.472. The van der Waals surface area contributed by atoms with E-state index in [9.17, 15) is 0 Å². The van der Waals surface area contributed by atoms with Gasteiger partial charge in [-0.05, 0) is 30.7 Å². The fourth-order valence-electron chi connectivity index (χ4n) is 4.21. The van der Waals surface area contributed by atoms with Gasteiger partial charge >= 0.3 is 0 Å². The number of hydrogen-bond acceptors (Lipinski definition) is 8. The molecule has 0 atom stereocenters. The van der Waals surface area contributed by atoms with Gasteiger partial charge in [-0.1, -0.05) is 29.2 Å². The molecular formula is C29H45N11. The predicted octanol–water partition coefficient (Wildman–Crippen LogP) is 1.23. The normalized spacial score (nSPS) is 17.9. The van der Waals surface area contributed by atoms with Crippen LogP contribution < -0.4 is 27.5 Å². The molecule has 1 aromatic carbocycles. The van der Waals surface area contributed by atoms with Crippen LogP contribution in [-0.2, 0) is 0 Å². The number of aliphatic imine (C=N–C) groups is 2. The SMILES string of the molecule is C=CC/C=C(\C#CCCN=NNc1ccc(C(N)=NCCN2CCNCC2)cc1)C(N)=NCCN1CCNCC1. The summed E-state index contributed by atoms with van der Waals surface area (Å²) < 4.78 is 0. The smallest absolute Gasteiger partial charge is 0.134 e. The van der Waals surface area contributed by atoms with Crippen LogP contribution in [0.15, 0.2) is 68.9 Å². The van der Waals surface area contributed by atoms with E-state index >= 15 is 0 Å². The first-order valence-electron chi connectivity index (χ1n) is 14.1. The highest BCUT2D eigenvalue weighted by molar-refractivity contribution is 6.01. The number of anilines is 1. The third-order valence-corrected chi connectivity index (χ3v) is 6.57. The molecule has 2 saturated heterocycles. The number of benzene rings is 1. The van der Waals surface area contributed by atoms with Gasteiger partial charge in [-0.15, -0.1) is 6.58 Å². The number of rotatable bonds is 14. The predicted molar refractivity (Wildman–Crippen MR) is 166 cm³/mol. The van der Waals surface area contributed by atoms with Crippen LogP contribution in [0.25, 0.3) is 0 Å². The van der Waals surface area contributed by atoms with Crippen LogP contribution in [0.3, 0.4) is 0 Å². The lowest BCUT2D eigenvalue weighted by Gasteiger charge is -2.26. The van der Waals surface area contributed by atoms with Crippen LogP contribution in [0, 0.1) is 11.8 Å². The molecule has 0 amide bonds. The van der Waals surface area contributed by atoms with Gasteiger partial charge < -0.3 is 22.1 Å². The van der Waals surface area contributed by atoms with Crippen molar-refractivity contribution in [2.24, 2.45) is 31.8 Å². The molecule has 2 aliphatic heterocycles. The van der Waals surface area contributed by atoms with Crippen LogP contribution in [-0.4, -0.2) is 107 Å². The van der Waals surface area contributed by atoms with Crippen LogP contribution in [0.1, 0.15) is 18.4 Å². The van der Waals surface area contributed by atoms with Gasteiger partial charge in [-0.2, -0.15) is 5.11 Å². The summed E-state index contributed by atoms with van der Waals surface area (Å²) in [4.78, 5) is 13.9. The molecule has 0 radical (unpaired) electrons. The molecule has 0 aliphatic carbocycles. The first kappa shape index (κ1) is 31.0. The fourth-order valence-corrected chi connectivity index (χ4v) is 4.21. The van der Waals surface area contributed by atoms with Crippen LogP contribution in [0.4, 0.5) is 5.69 Å². The van der Waals surface area contributed by atoms with Crippen LogP contribution in [0.5, 0.6) is 0 Å². The summed E-state index contributed by atoms with van der Waals surface area (Å²) in [5.41, 5.74) is 17.8. The fraction of sp³-hybridized carbons (Fsp3) is 0.517. The van der Waals surface area contributed by atoms with Gasteiger partial charge in [-0.3, -0.25) is 25.2 Å².